The van der Waals surface area contributed by atoms with Gasteiger partial charge < -0.3 is 18.9 Å². The average molecular weight is 283 g/mol. The minimum Gasteiger partial charge on any atom is -0.497 e. The van der Waals surface area contributed by atoms with Gasteiger partial charge in [0, 0.05) is 19.7 Å². The fourth-order valence-corrected chi connectivity index (χ4v) is 1.76. The zero-order chi connectivity index (χ0) is 15.0. The molecule has 20 heavy (non-hydrogen) atoms. The maximum atomic E-state index is 11.9. The van der Waals surface area contributed by atoms with Crippen molar-refractivity contribution in [2.24, 2.45) is 0 Å². The molecule has 0 amide bonds. The second kappa shape index (κ2) is 8.39. The molecule has 0 aliphatic rings. The highest BCUT2D eigenvalue weighted by molar-refractivity contribution is 5.78. The van der Waals surface area contributed by atoms with Crippen LogP contribution in [-0.4, -0.2) is 47.6 Å². The van der Waals surface area contributed by atoms with Crippen LogP contribution in [-0.2, 0) is 14.3 Å². The zero-order valence-corrected chi connectivity index (χ0v) is 12.3. The van der Waals surface area contributed by atoms with Gasteiger partial charge in [-0.2, -0.15) is 0 Å². The molecule has 0 fully saturated rings. The van der Waals surface area contributed by atoms with Crippen LogP contribution < -0.4 is 14.8 Å². The van der Waals surface area contributed by atoms with Crippen LogP contribution in [0.1, 0.15) is 11.6 Å². The Kier molecular flexibility index (Phi) is 6.83. The summed E-state index contributed by atoms with van der Waals surface area (Å²) in [4.78, 5) is 11.9. The molecular weight excluding hydrogens is 262 g/mol. The van der Waals surface area contributed by atoms with Crippen LogP contribution in [0.5, 0.6) is 11.5 Å². The largest absolute Gasteiger partial charge is 0.497 e. The topological polar surface area (TPSA) is 66.0 Å². The molecule has 112 valence electrons. The van der Waals surface area contributed by atoms with E-state index in [1.165, 1.54) is 7.11 Å². The molecule has 0 heterocycles. The lowest BCUT2D eigenvalue weighted by Gasteiger charge is -2.18. The van der Waals surface area contributed by atoms with E-state index in [1.807, 2.05) is 0 Å². The number of carbonyl (C=O) groups excluding carboxylic acids is 1. The van der Waals surface area contributed by atoms with Gasteiger partial charge in [0.1, 0.15) is 17.5 Å². The van der Waals surface area contributed by atoms with Crippen molar-refractivity contribution < 1.29 is 23.7 Å². The Morgan fingerprint density at radius 2 is 1.70 bits per heavy atom. The molecule has 0 spiro atoms. The summed E-state index contributed by atoms with van der Waals surface area (Å²) in [6, 6.07) is 4.68. The van der Waals surface area contributed by atoms with Crippen molar-refractivity contribution in [1.29, 1.82) is 0 Å². The van der Waals surface area contributed by atoms with E-state index in [0.717, 1.165) is 0 Å². The highest BCUT2D eigenvalue weighted by Gasteiger charge is 2.22. The smallest absolute Gasteiger partial charge is 0.327 e. The number of esters is 1. The Labute approximate surface area is 119 Å². The third kappa shape index (κ3) is 4.40. The summed E-state index contributed by atoms with van der Waals surface area (Å²) in [5.41, 5.74) is 0.712. The zero-order valence-electron chi connectivity index (χ0n) is 12.3. The number of hydrogen-bond donors (Lipinski definition) is 1. The second-order valence-electron chi connectivity index (χ2n) is 4.05. The molecule has 1 N–H and O–H groups in total. The summed E-state index contributed by atoms with van der Waals surface area (Å²) in [5, 5.41) is 3.08. The fraction of sp³-hybridized carbons (Fsp3) is 0.500. The SMILES string of the molecule is COCCNC(C(=O)OC)c1cc(OC)cc(OC)c1. The molecule has 1 aromatic rings. The first-order chi connectivity index (χ1) is 9.65. The standard InChI is InChI=1S/C14H21NO5/c1-17-6-5-15-13(14(16)20-4)10-7-11(18-2)9-12(8-10)19-3/h7-9,13,15H,5-6H2,1-4H3. The molecule has 1 aromatic carbocycles. The van der Waals surface area contributed by atoms with Crippen molar-refractivity contribution >= 4 is 5.97 Å². The maximum Gasteiger partial charge on any atom is 0.327 e. The molecule has 0 saturated heterocycles. The third-order valence-corrected chi connectivity index (χ3v) is 2.80. The van der Waals surface area contributed by atoms with Gasteiger partial charge in [-0.05, 0) is 17.7 Å². The van der Waals surface area contributed by atoms with E-state index in [1.54, 1.807) is 39.5 Å². The van der Waals surface area contributed by atoms with Gasteiger partial charge in [-0.3, -0.25) is 5.32 Å². The number of benzene rings is 1. The molecule has 1 atom stereocenters. The third-order valence-electron chi connectivity index (χ3n) is 2.80. The van der Waals surface area contributed by atoms with Gasteiger partial charge in [0.15, 0.2) is 0 Å². The lowest BCUT2D eigenvalue weighted by Crippen LogP contribution is -2.32. The summed E-state index contributed by atoms with van der Waals surface area (Å²) in [5.74, 6) is 0.847. The number of ether oxygens (including phenoxy) is 4. The molecule has 1 rings (SSSR count). The molecular formula is C14H21NO5. The molecule has 6 nitrogen and oxygen atoms in total. The van der Waals surface area contributed by atoms with E-state index >= 15 is 0 Å². The number of rotatable bonds is 8. The Hall–Kier alpha value is -1.79. The highest BCUT2D eigenvalue weighted by atomic mass is 16.5. The Bertz CT molecular complexity index is 413. The summed E-state index contributed by atoms with van der Waals surface area (Å²) in [6.45, 7) is 1.02. The first-order valence-electron chi connectivity index (χ1n) is 6.19. The molecule has 0 saturated carbocycles. The van der Waals surface area contributed by atoms with Crippen molar-refractivity contribution in [3.63, 3.8) is 0 Å². The minimum absolute atomic E-state index is 0.378. The molecule has 0 aromatic heterocycles. The van der Waals surface area contributed by atoms with Crippen molar-refractivity contribution in [2.45, 2.75) is 6.04 Å². The van der Waals surface area contributed by atoms with E-state index in [-0.39, 0.29) is 5.97 Å². The Morgan fingerprint density at radius 3 is 2.15 bits per heavy atom. The molecule has 6 heteroatoms. The monoisotopic (exact) mass is 283 g/mol. The van der Waals surface area contributed by atoms with E-state index < -0.39 is 6.04 Å². The second-order valence-corrected chi connectivity index (χ2v) is 4.05. The van der Waals surface area contributed by atoms with Gasteiger partial charge in [-0.1, -0.05) is 0 Å². The Morgan fingerprint density at radius 1 is 1.10 bits per heavy atom. The number of carbonyl (C=O) groups is 1. The van der Waals surface area contributed by atoms with Crippen LogP contribution in [0.25, 0.3) is 0 Å². The van der Waals surface area contributed by atoms with Crippen LogP contribution in [0.4, 0.5) is 0 Å². The van der Waals surface area contributed by atoms with Crippen molar-refractivity contribution in [1.82, 2.24) is 5.32 Å². The normalized spacial score (nSPS) is 11.8. The predicted octanol–water partition coefficient (Wildman–Crippen LogP) is 1.15. The summed E-state index contributed by atoms with van der Waals surface area (Å²) < 4.78 is 20.2. The van der Waals surface area contributed by atoms with Crippen LogP contribution in [0, 0.1) is 0 Å². The van der Waals surface area contributed by atoms with Crippen molar-refractivity contribution in [3.05, 3.63) is 23.8 Å². The number of nitrogens with one attached hydrogen (secondary N) is 1. The van der Waals surface area contributed by atoms with Gasteiger partial charge >= 0.3 is 5.97 Å². The molecule has 0 aliphatic heterocycles. The highest BCUT2D eigenvalue weighted by Crippen LogP contribution is 2.27. The molecule has 0 radical (unpaired) electrons. The summed E-state index contributed by atoms with van der Waals surface area (Å²) in [6.07, 6.45) is 0. The fourth-order valence-electron chi connectivity index (χ4n) is 1.76. The van der Waals surface area contributed by atoms with Crippen LogP contribution in [0.2, 0.25) is 0 Å². The Balaban J connectivity index is 3.01. The average Bonchev–Trinajstić information content (AvgIpc) is 2.50. The van der Waals surface area contributed by atoms with Gasteiger partial charge in [-0.15, -0.1) is 0 Å². The van der Waals surface area contributed by atoms with Crippen molar-refractivity contribution in [2.75, 3.05) is 41.6 Å². The summed E-state index contributed by atoms with van der Waals surface area (Å²) >= 11 is 0. The lowest BCUT2D eigenvalue weighted by atomic mass is 10.1. The number of hydrogen-bond acceptors (Lipinski definition) is 6. The molecule has 0 bridgehead atoms. The predicted molar refractivity (Wildman–Crippen MR) is 74.2 cm³/mol. The first-order valence-corrected chi connectivity index (χ1v) is 6.19. The molecule has 1 unspecified atom stereocenters. The van der Waals surface area contributed by atoms with E-state index in [4.69, 9.17) is 18.9 Å². The van der Waals surface area contributed by atoms with Crippen LogP contribution >= 0.6 is 0 Å². The van der Waals surface area contributed by atoms with Gasteiger partial charge in [0.2, 0.25) is 0 Å². The van der Waals surface area contributed by atoms with E-state index in [9.17, 15) is 4.79 Å². The maximum absolute atomic E-state index is 11.9. The van der Waals surface area contributed by atoms with Gasteiger partial charge in [0.05, 0.1) is 27.9 Å². The van der Waals surface area contributed by atoms with Crippen molar-refractivity contribution in [3.8, 4) is 11.5 Å². The van der Waals surface area contributed by atoms with Crippen LogP contribution in [0.3, 0.4) is 0 Å². The quantitative estimate of drug-likeness (QED) is 0.570. The van der Waals surface area contributed by atoms with E-state index in [0.29, 0.717) is 30.2 Å². The van der Waals surface area contributed by atoms with Crippen LogP contribution in [0.15, 0.2) is 18.2 Å². The summed E-state index contributed by atoms with van der Waals surface area (Å²) in [7, 11) is 6.07. The van der Waals surface area contributed by atoms with Gasteiger partial charge in [-0.25, -0.2) is 4.79 Å². The molecule has 0 aliphatic carbocycles. The van der Waals surface area contributed by atoms with Gasteiger partial charge in [0.25, 0.3) is 0 Å². The van der Waals surface area contributed by atoms with E-state index in [2.05, 4.69) is 5.32 Å². The number of methoxy groups -OCH3 is 4. The minimum atomic E-state index is -0.598. The lowest BCUT2D eigenvalue weighted by molar-refractivity contribution is -0.143. The first kappa shape index (κ1) is 16.3.